The van der Waals surface area contributed by atoms with Crippen molar-refractivity contribution in [2.45, 2.75) is 334 Å². The van der Waals surface area contributed by atoms with Gasteiger partial charge < -0.3 is 20.3 Å². The molecule has 3 N–H and O–H groups in total. The summed E-state index contributed by atoms with van der Waals surface area (Å²) in [5.41, 5.74) is 0. The molecule has 0 bridgehead atoms. The molecule has 0 rings (SSSR count). The lowest BCUT2D eigenvalue weighted by Gasteiger charge is -2.24. The number of nitrogens with one attached hydrogen (secondary N) is 1. The van der Waals surface area contributed by atoms with Crippen LogP contribution < -0.4 is 5.32 Å². The SMILES string of the molecule is CCCCC/C=C\CCCCCC(CC(=O)NC(CO)C(O)CCCCCCCCCCCCCCCCC)OC(=O)CCCCCCCCCCCCCCCCCCCCC. The minimum absolute atomic E-state index is 0.0739. The van der Waals surface area contributed by atoms with E-state index in [1.165, 1.54) is 205 Å². The van der Waals surface area contributed by atoms with E-state index in [0.29, 0.717) is 19.3 Å². The van der Waals surface area contributed by atoms with Gasteiger partial charge in [0.05, 0.1) is 25.2 Å². The zero-order chi connectivity index (χ0) is 45.9. The predicted molar refractivity (Wildman–Crippen MR) is 273 cm³/mol. The van der Waals surface area contributed by atoms with Gasteiger partial charge in [0.25, 0.3) is 0 Å². The smallest absolute Gasteiger partial charge is 0.306 e. The van der Waals surface area contributed by atoms with Gasteiger partial charge in [-0.1, -0.05) is 264 Å². The van der Waals surface area contributed by atoms with Gasteiger partial charge in [0.15, 0.2) is 0 Å². The van der Waals surface area contributed by atoms with Gasteiger partial charge in [0, 0.05) is 6.42 Å². The van der Waals surface area contributed by atoms with E-state index in [-0.39, 0.29) is 24.9 Å². The number of carbonyl (C=O) groups excluding carboxylic acids is 2. The first-order valence-electron chi connectivity index (χ1n) is 28.4. The molecular weight excluding hydrogens is 779 g/mol. The first kappa shape index (κ1) is 61.6. The van der Waals surface area contributed by atoms with Crippen LogP contribution in [-0.2, 0) is 14.3 Å². The monoisotopic (exact) mass is 890 g/mol. The molecule has 0 saturated carbocycles. The number of aliphatic hydroxyl groups excluding tert-OH is 2. The van der Waals surface area contributed by atoms with Gasteiger partial charge >= 0.3 is 5.97 Å². The molecule has 0 saturated heterocycles. The zero-order valence-corrected chi connectivity index (χ0v) is 42.7. The Hall–Kier alpha value is -1.40. The molecule has 0 fully saturated rings. The molecule has 0 aromatic carbocycles. The van der Waals surface area contributed by atoms with Crippen LogP contribution in [0.5, 0.6) is 0 Å². The van der Waals surface area contributed by atoms with Crippen molar-refractivity contribution in [3.05, 3.63) is 12.2 Å². The number of esters is 1. The third kappa shape index (κ3) is 46.9. The highest BCUT2D eigenvalue weighted by atomic mass is 16.5. The summed E-state index contributed by atoms with van der Waals surface area (Å²) in [6.07, 6.45) is 58.6. The summed E-state index contributed by atoms with van der Waals surface area (Å²) in [6.45, 7) is 6.49. The maximum absolute atomic E-state index is 13.2. The van der Waals surface area contributed by atoms with Crippen LogP contribution in [0.3, 0.4) is 0 Å². The Morgan fingerprint density at radius 1 is 0.444 bits per heavy atom. The molecule has 6 nitrogen and oxygen atoms in total. The first-order valence-corrected chi connectivity index (χ1v) is 28.4. The van der Waals surface area contributed by atoms with E-state index in [0.717, 1.165) is 64.2 Å². The number of rotatable bonds is 52. The van der Waals surface area contributed by atoms with E-state index in [4.69, 9.17) is 4.74 Å². The van der Waals surface area contributed by atoms with E-state index in [9.17, 15) is 19.8 Å². The Labute approximate surface area is 393 Å². The van der Waals surface area contributed by atoms with Crippen LogP contribution in [0.4, 0.5) is 0 Å². The molecular formula is C57H111NO5. The Balaban J connectivity index is 4.38. The van der Waals surface area contributed by atoms with Gasteiger partial charge in [0.1, 0.15) is 6.10 Å². The predicted octanol–water partition coefficient (Wildman–Crippen LogP) is 17.3. The molecule has 63 heavy (non-hydrogen) atoms. The Morgan fingerprint density at radius 3 is 1.16 bits per heavy atom. The molecule has 0 aliphatic carbocycles. The van der Waals surface area contributed by atoms with Gasteiger partial charge in [-0.3, -0.25) is 9.59 Å². The number of ether oxygens (including phenoxy) is 1. The van der Waals surface area contributed by atoms with Gasteiger partial charge in [0.2, 0.25) is 5.91 Å². The number of unbranched alkanes of at least 4 members (excludes halogenated alkanes) is 38. The maximum atomic E-state index is 13.2. The van der Waals surface area contributed by atoms with E-state index in [1.807, 2.05) is 0 Å². The molecule has 0 aromatic heterocycles. The summed E-state index contributed by atoms with van der Waals surface area (Å²) in [5.74, 6) is -0.470. The lowest BCUT2D eigenvalue weighted by Crippen LogP contribution is -2.46. The number of carbonyl (C=O) groups is 2. The summed E-state index contributed by atoms with van der Waals surface area (Å²) in [5, 5.41) is 23.8. The van der Waals surface area contributed by atoms with E-state index < -0.39 is 18.2 Å². The molecule has 374 valence electrons. The van der Waals surface area contributed by atoms with Crippen molar-refractivity contribution in [3.8, 4) is 0 Å². The average Bonchev–Trinajstić information content (AvgIpc) is 3.28. The normalized spacial score (nSPS) is 13.2. The highest BCUT2D eigenvalue weighted by Gasteiger charge is 2.24. The minimum Gasteiger partial charge on any atom is -0.462 e. The first-order chi connectivity index (χ1) is 31.0. The molecule has 0 aromatic rings. The van der Waals surface area contributed by atoms with Crippen molar-refractivity contribution in [1.29, 1.82) is 0 Å². The molecule has 0 aliphatic heterocycles. The second-order valence-corrected chi connectivity index (χ2v) is 19.7. The molecule has 0 radical (unpaired) electrons. The Kier molecular flexibility index (Phi) is 50.4. The van der Waals surface area contributed by atoms with Gasteiger partial charge in [-0.25, -0.2) is 0 Å². The van der Waals surface area contributed by atoms with Crippen LogP contribution in [0.1, 0.15) is 316 Å². The van der Waals surface area contributed by atoms with Crippen molar-refractivity contribution in [2.75, 3.05) is 6.61 Å². The van der Waals surface area contributed by atoms with Crippen molar-refractivity contribution < 1.29 is 24.5 Å². The van der Waals surface area contributed by atoms with Gasteiger partial charge in [-0.05, 0) is 51.4 Å². The molecule has 6 heteroatoms. The zero-order valence-electron chi connectivity index (χ0n) is 42.7. The Morgan fingerprint density at radius 2 is 0.762 bits per heavy atom. The van der Waals surface area contributed by atoms with Crippen molar-refractivity contribution in [2.24, 2.45) is 0 Å². The van der Waals surface area contributed by atoms with E-state index in [1.54, 1.807) is 0 Å². The largest absolute Gasteiger partial charge is 0.462 e. The highest BCUT2D eigenvalue weighted by Crippen LogP contribution is 2.19. The molecule has 3 unspecified atom stereocenters. The van der Waals surface area contributed by atoms with Crippen LogP contribution in [0.15, 0.2) is 12.2 Å². The quantitative estimate of drug-likeness (QED) is 0.0321. The van der Waals surface area contributed by atoms with E-state index >= 15 is 0 Å². The minimum atomic E-state index is -0.786. The standard InChI is InChI=1S/C57H111NO5/c1-4-7-10-13-16-19-22-24-26-27-28-29-31-33-35-38-41-44-47-50-57(62)63-53(48-45-42-39-36-21-18-15-12-9-6-3)51-56(61)58-54(52-59)55(60)49-46-43-40-37-34-32-30-25-23-20-17-14-11-8-5-2/h18,21,53-55,59-60H,4-17,19-20,22-52H2,1-3H3,(H,58,61)/b21-18-. The summed E-state index contributed by atoms with van der Waals surface area (Å²) >= 11 is 0. The second-order valence-electron chi connectivity index (χ2n) is 19.7. The summed E-state index contributed by atoms with van der Waals surface area (Å²) in [7, 11) is 0. The number of allylic oxidation sites excluding steroid dienone is 2. The van der Waals surface area contributed by atoms with Crippen LogP contribution in [0.25, 0.3) is 0 Å². The third-order valence-electron chi connectivity index (χ3n) is 13.3. The molecule has 0 heterocycles. The topological polar surface area (TPSA) is 95.9 Å². The molecule has 1 amide bonds. The Bertz CT molecular complexity index is 955. The van der Waals surface area contributed by atoms with Gasteiger partial charge in [-0.2, -0.15) is 0 Å². The molecule has 0 aliphatic rings. The lowest BCUT2D eigenvalue weighted by molar-refractivity contribution is -0.151. The molecule has 3 atom stereocenters. The summed E-state index contributed by atoms with van der Waals surface area (Å²) in [6, 6.07) is -0.700. The van der Waals surface area contributed by atoms with E-state index in [2.05, 4.69) is 38.2 Å². The number of aliphatic hydroxyl groups is 2. The van der Waals surface area contributed by atoms with Crippen molar-refractivity contribution in [1.82, 2.24) is 5.32 Å². The highest BCUT2D eigenvalue weighted by molar-refractivity contribution is 5.77. The third-order valence-corrected chi connectivity index (χ3v) is 13.3. The summed E-state index contributed by atoms with van der Waals surface area (Å²) in [4.78, 5) is 26.2. The fourth-order valence-electron chi connectivity index (χ4n) is 9.02. The van der Waals surface area contributed by atoms with Gasteiger partial charge in [-0.15, -0.1) is 0 Å². The summed E-state index contributed by atoms with van der Waals surface area (Å²) < 4.78 is 5.94. The van der Waals surface area contributed by atoms with Crippen LogP contribution in [0.2, 0.25) is 0 Å². The van der Waals surface area contributed by atoms with Crippen LogP contribution in [-0.4, -0.2) is 46.9 Å². The number of hydrogen-bond acceptors (Lipinski definition) is 5. The average molecular weight is 891 g/mol. The van der Waals surface area contributed by atoms with Crippen molar-refractivity contribution in [3.63, 3.8) is 0 Å². The fourth-order valence-corrected chi connectivity index (χ4v) is 9.02. The lowest BCUT2D eigenvalue weighted by atomic mass is 10.0. The fraction of sp³-hybridized carbons (Fsp3) is 0.930. The van der Waals surface area contributed by atoms with Crippen molar-refractivity contribution >= 4 is 11.9 Å². The number of amides is 1. The van der Waals surface area contributed by atoms with Crippen LogP contribution in [0, 0.1) is 0 Å². The number of hydrogen-bond donors (Lipinski definition) is 3. The maximum Gasteiger partial charge on any atom is 0.306 e. The molecule has 0 spiro atoms. The van der Waals surface area contributed by atoms with Crippen LogP contribution >= 0.6 is 0 Å². The second kappa shape index (κ2) is 51.6.